The summed E-state index contributed by atoms with van der Waals surface area (Å²) in [6, 6.07) is 7.01. The molecule has 1 fully saturated rings. The summed E-state index contributed by atoms with van der Waals surface area (Å²) in [7, 11) is -4.02. The molecule has 1 aliphatic carbocycles. The van der Waals surface area contributed by atoms with Gasteiger partial charge >= 0.3 is 0 Å². The van der Waals surface area contributed by atoms with E-state index in [1.165, 1.54) is 12.1 Å². The second kappa shape index (κ2) is 6.41. The first-order valence-corrected chi connectivity index (χ1v) is 9.28. The van der Waals surface area contributed by atoms with E-state index in [4.69, 9.17) is 11.5 Å². The standard InChI is InChI=1S/C16H19N5O3S/c1-9-7-13(20-16(18)19-9)11-3-2-4-12(8-11)25(23,24)21-15(22)14(17)10-5-6-10/h2-4,7-8,10,14H,5-6,17H2,1H3,(H,21,22)(H2,18,19,20)/t14-/m0/s1. The van der Waals surface area contributed by atoms with Gasteiger partial charge in [0.1, 0.15) is 0 Å². The SMILES string of the molecule is Cc1cc(-c2cccc(S(=O)(=O)NC(=O)[C@@H](N)C3CC3)c2)nc(N)n1. The lowest BCUT2D eigenvalue weighted by atomic mass is 10.1. The highest BCUT2D eigenvalue weighted by atomic mass is 32.2. The molecule has 8 nitrogen and oxygen atoms in total. The number of sulfonamides is 1. The third-order valence-corrected chi connectivity index (χ3v) is 5.32. The fourth-order valence-corrected chi connectivity index (χ4v) is 3.55. The van der Waals surface area contributed by atoms with Crippen molar-refractivity contribution in [2.75, 3.05) is 5.73 Å². The zero-order chi connectivity index (χ0) is 18.2. The van der Waals surface area contributed by atoms with Crippen molar-refractivity contribution < 1.29 is 13.2 Å². The fourth-order valence-electron chi connectivity index (χ4n) is 2.49. The molecule has 9 heteroatoms. The first-order chi connectivity index (χ1) is 11.8. The van der Waals surface area contributed by atoms with Crippen LogP contribution in [-0.2, 0) is 14.8 Å². The number of aromatic nitrogens is 2. The highest BCUT2D eigenvalue weighted by molar-refractivity contribution is 7.90. The summed E-state index contributed by atoms with van der Waals surface area (Å²) < 4.78 is 27.0. The maximum atomic E-state index is 12.5. The van der Waals surface area contributed by atoms with Gasteiger partial charge in [-0.05, 0) is 43.9 Å². The molecule has 1 aromatic carbocycles. The van der Waals surface area contributed by atoms with Gasteiger partial charge < -0.3 is 11.5 Å². The number of carbonyl (C=O) groups is 1. The third kappa shape index (κ3) is 3.94. The quantitative estimate of drug-likeness (QED) is 0.707. The molecule has 2 aromatic rings. The lowest BCUT2D eigenvalue weighted by Gasteiger charge is -2.12. The molecule has 132 valence electrons. The molecular formula is C16H19N5O3S. The fraction of sp³-hybridized carbons (Fsp3) is 0.312. The Morgan fingerprint density at radius 3 is 2.64 bits per heavy atom. The van der Waals surface area contributed by atoms with E-state index in [-0.39, 0.29) is 16.8 Å². The molecule has 1 amide bonds. The van der Waals surface area contributed by atoms with Crippen molar-refractivity contribution in [2.24, 2.45) is 11.7 Å². The zero-order valence-corrected chi connectivity index (χ0v) is 14.5. The molecular weight excluding hydrogens is 342 g/mol. The van der Waals surface area contributed by atoms with Gasteiger partial charge in [0.05, 0.1) is 16.6 Å². The first-order valence-electron chi connectivity index (χ1n) is 7.80. The molecule has 0 aliphatic heterocycles. The highest BCUT2D eigenvalue weighted by Gasteiger charge is 2.35. The van der Waals surface area contributed by atoms with Crippen LogP contribution in [0, 0.1) is 12.8 Å². The molecule has 5 N–H and O–H groups in total. The summed E-state index contributed by atoms with van der Waals surface area (Å²) in [6.07, 6.45) is 1.69. The molecule has 1 heterocycles. The van der Waals surface area contributed by atoms with Gasteiger partial charge in [0.25, 0.3) is 15.9 Å². The van der Waals surface area contributed by atoms with E-state index >= 15 is 0 Å². The maximum absolute atomic E-state index is 12.5. The van der Waals surface area contributed by atoms with Gasteiger partial charge in [0, 0.05) is 11.3 Å². The average Bonchev–Trinajstić information content (AvgIpc) is 3.38. The van der Waals surface area contributed by atoms with Gasteiger partial charge in [-0.15, -0.1) is 0 Å². The van der Waals surface area contributed by atoms with Gasteiger partial charge in [0.15, 0.2) is 0 Å². The third-order valence-electron chi connectivity index (χ3n) is 3.98. The average molecular weight is 361 g/mol. The molecule has 0 unspecified atom stereocenters. The number of nitrogens with one attached hydrogen (secondary N) is 1. The summed E-state index contributed by atoms with van der Waals surface area (Å²) in [5.41, 5.74) is 13.1. The predicted octanol–water partition coefficient (Wildman–Crippen LogP) is 0.576. The molecule has 1 aliphatic rings. The van der Waals surface area contributed by atoms with Crippen LogP contribution in [0.25, 0.3) is 11.3 Å². The first kappa shape index (κ1) is 17.3. The lowest BCUT2D eigenvalue weighted by Crippen LogP contribution is -2.44. The van der Waals surface area contributed by atoms with Crippen molar-refractivity contribution in [1.29, 1.82) is 0 Å². The minimum absolute atomic E-state index is 0.0452. The Bertz CT molecular complexity index is 905. The van der Waals surface area contributed by atoms with Gasteiger partial charge in [0.2, 0.25) is 5.95 Å². The molecule has 1 aromatic heterocycles. The van der Waals surface area contributed by atoms with Crippen LogP contribution in [0.4, 0.5) is 5.95 Å². The van der Waals surface area contributed by atoms with Crippen molar-refractivity contribution in [2.45, 2.75) is 30.7 Å². The maximum Gasteiger partial charge on any atom is 0.264 e. The number of benzene rings is 1. The summed E-state index contributed by atoms with van der Waals surface area (Å²) in [4.78, 5) is 20.1. The highest BCUT2D eigenvalue weighted by Crippen LogP contribution is 2.31. The zero-order valence-electron chi connectivity index (χ0n) is 13.6. The second-order valence-electron chi connectivity index (χ2n) is 6.11. The van der Waals surface area contributed by atoms with Crippen LogP contribution in [0.2, 0.25) is 0 Å². The predicted molar refractivity (Wildman–Crippen MR) is 92.6 cm³/mol. The van der Waals surface area contributed by atoms with E-state index in [1.54, 1.807) is 25.1 Å². The Kier molecular flexibility index (Phi) is 4.44. The number of nitrogen functional groups attached to an aromatic ring is 1. The molecule has 25 heavy (non-hydrogen) atoms. The van der Waals surface area contributed by atoms with Crippen LogP contribution < -0.4 is 16.2 Å². The Hall–Kier alpha value is -2.52. The number of amides is 1. The second-order valence-corrected chi connectivity index (χ2v) is 7.80. The topological polar surface area (TPSA) is 141 Å². The van der Waals surface area contributed by atoms with Gasteiger partial charge in [-0.2, -0.15) is 0 Å². The normalized spacial score (nSPS) is 15.6. The van der Waals surface area contributed by atoms with E-state index in [1.807, 2.05) is 4.72 Å². The van der Waals surface area contributed by atoms with Gasteiger partial charge in [-0.25, -0.2) is 23.1 Å². The van der Waals surface area contributed by atoms with Crippen molar-refractivity contribution in [3.8, 4) is 11.3 Å². The van der Waals surface area contributed by atoms with E-state index < -0.39 is 22.0 Å². The van der Waals surface area contributed by atoms with Crippen LogP contribution in [0.15, 0.2) is 35.2 Å². The van der Waals surface area contributed by atoms with Crippen molar-refractivity contribution in [1.82, 2.24) is 14.7 Å². The number of hydrogen-bond donors (Lipinski definition) is 3. The number of nitrogens with two attached hydrogens (primary N) is 2. The minimum Gasteiger partial charge on any atom is -0.368 e. The molecule has 0 spiro atoms. The van der Waals surface area contributed by atoms with Gasteiger partial charge in [-0.1, -0.05) is 12.1 Å². The van der Waals surface area contributed by atoms with Crippen molar-refractivity contribution >= 4 is 21.9 Å². The van der Waals surface area contributed by atoms with E-state index in [2.05, 4.69) is 9.97 Å². The van der Waals surface area contributed by atoms with Crippen molar-refractivity contribution in [3.05, 3.63) is 36.0 Å². The number of hydrogen-bond acceptors (Lipinski definition) is 7. The smallest absolute Gasteiger partial charge is 0.264 e. The lowest BCUT2D eigenvalue weighted by molar-refractivity contribution is -0.121. The molecule has 0 bridgehead atoms. The van der Waals surface area contributed by atoms with E-state index in [0.717, 1.165) is 12.8 Å². The summed E-state index contributed by atoms with van der Waals surface area (Å²) in [5.74, 6) is -0.518. The van der Waals surface area contributed by atoms with Crippen LogP contribution in [0.5, 0.6) is 0 Å². The molecule has 0 saturated heterocycles. The summed E-state index contributed by atoms with van der Waals surface area (Å²) >= 11 is 0. The Morgan fingerprint density at radius 1 is 1.28 bits per heavy atom. The number of nitrogens with zero attached hydrogens (tertiary/aromatic N) is 2. The molecule has 1 saturated carbocycles. The van der Waals surface area contributed by atoms with Gasteiger partial charge in [-0.3, -0.25) is 4.79 Å². The molecule has 1 atom stereocenters. The van der Waals surface area contributed by atoms with Crippen LogP contribution >= 0.6 is 0 Å². The minimum atomic E-state index is -4.02. The number of aryl methyl sites for hydroxylation is 1. The Labute approximate surface area is 145 Å². The molecule has 3 rings (SSSR count). The number of carbonyl (C=O) groups excluding carboxylic acids is 1. The van der Waals surface area contributed by atoms with Crippen molar-refractivity contribution in [3.63, 3.8) is 0 Å². The number of anilines is 1. The van der Waals surface area contributed by atoms with E-state index in [0.29, 0.717) is 17.0 Å². The van der Waals surface area contributed by atoms with E-state index in [9.17, 15) is 13.2 Å². The van der Waals surface area contributed by atoms with Crippen LogP contribution in [-0.4, -0.2) is 30.3 Å². The van der Waals surface area contributed by atoms with Crippen LogP contribution in [0.3, 0.4) is 0 Å². The summed E-state index contributed by atoms with van der Waals surface area (Å²) in [6.45, 7) is 1.77. The molecule has 0 radical (unpaired) electrons. The van der Waals surface area contributed by atoms with Crippen LogP contribution in [0.1, 0.15) is 18.5 Å². The Morgan fingerprint density at radius 2 is 2.00 bits per heavy atom. The monoisotopic (exact) mass is 361 g/mol. The number of rotatable bonds is 5. The Balaban J connectivity index is 1.88. The summed E-state index contributed by atoms with van der Waals surface area (Å²) in [5, 5.41) is 0. The largest absolute Gasteiger partial charge is 0.368 e.